The van der Waals surface area contributed by atoms with Crippen LogP contribution in [0.15, 0.2) is 71.6 Å². The maximum absolute atomic E-state index is 12.0. The van der Waals surface area contributed by atoms with Crippen LogP contribution in [0.25, 0.3) is 11.1 Å². The Morgan fingerprint density at radius 2 is 1.83 bits per heavy atom. The third kappa shape index (κ3) is 4.17. The van der Waals surface area contributed by atoms with Gasteiger partial charge >= 0.3 is 6.09 Å². The molecule has 6 heteroatoms. The number of ether oxygens (including phenoxy) is 1. The van der Waals surface area contributed by atoms with Gasteiger partial charge in [0.25, 0.3) is 0 Å². The number of hydrogen-bond donors (Lipinski definition) is 1. The highest BCUT2D eigenvalue weighted by Gasteiger charge is 2.11. The van der Waals surface area contributed by atoms with Gasteiger partial charge in [-0.2, -0.15) is 0 Å². The fourth-order valence-corrected chi connectivity index (χ4v) is 2.39. The van der Waals surface area contributed by atoms with E-state index in [1.807, 2.05) is 54.6 Å². The van der Waals surface area contributed by atoms with E-state index < -0.39 is 6.09 Å². The first-order chi connectivity index (χ1) is 11.7. The van der Waals surface area contributed by atoms with Crippen LogP contribution in [-0.4, -0.2) is 16.1 Å². The molecule has 120 valence electrons. The SMILES string of the molecule is O=C(Nc1ncncc1-c1ccc(Br)cc1)OCc1ccccc1. The Morgan fingerprint density at radius 3 is 2.58 bits per heavy atom. The highest BCUT2D eigenvalue weighted by Crippen LogP contribution is 2.26. The Kier molecular flexibility index (Phi) is 5.18. The number of nitrogens with zero attached hydrogens (tertiary/aromatic N) is 2. The summed E-state index contributed by atoms with van der Waals surface area (Å²) in [6.07, 6.45) is 2.48. The van der Waals surface area contributed by atoms with Gasteiger partial charge in [-0.25, -0.2) is 14.8 Å². The van der Waals surface area contributed by atoms with Crippen LogP contribution in [0, 0.1) is 0 Å². The summed E-state index contributed by atoms with van der Waals surface area (Å²) in [4.78, 5) is 20.2. The van der Waals surface area contributed by atoms with Crippen LogP contribution in [0.1, 0.15) is 5.56 Å². The quantitative estimate of drug-likeness (QED) is 0.711. The van der Waals surface area contributed by atoms with E-state index >= 15 is 0 Å². The highest BCUT2D eigenvalue weighted by atomic mass is 79.9. The molecule has 24 heavy (non-hydrogen) atoms. The summed E-state index contributed by atoms with van der Waals surface area (Å²) in [5, 5.41) is 2.67. The van der Waals surface area contributed by atoms with Crippen LogP contribution in [0.5, 0.6) is 0 Å². The number of carbonyl (C=O) groups is 1. The minimum Gasteiger partial charge on any atom is -0.444 e. The largest absolute Gasteiger partial charge is 0.444 e. The molecule has 0 unspecified atom stereocenters. The zero-order valence-electron chi connectivity index (χ0n) is 12.6. The standard InChI is InChI=1S/C18H14BrN3O2/c19-15-8-6-14(7-9-15)16-10-20-12-21-17(16)22-18(23)24-11-13-4-2-1-3-5-13/h1-10,12H,11H2,(H,20,21,22,23). The van der Waals surface area contributed by atoms with Crippen molar-refractivity contribution in [3.8, 4) is 11.1 Å². The second kappa shape index (κ2) is 7.70. The van der Waals surface area contributed by atoms with Gasteiger partial charge < -0.3 is 4.74 Å². The highest BCUT2D eigenvalue weighted by molar-refractivity contribution is 9.10. The summed E-state index contributed by atoms with van der Waals surface area (Å²) in [5.74, 6) is 0.408. The molecule has 0 spiro atoms. The summed E-state index contributed by atoms with van der Waals surface area (Å²) >= 11 is 3.40. The van der Waals surface area contributed by atoms with E-state index in [9.17, 15) is 4.79 Å². The fourth-order valence-electron chi connectivity index (χ4n) is 2.13. The van der Waals surface area contributed by atoms with Gasteiger partial charge in [-0.15, -0.1) is 0 Å². The third-order valence-corrected chi connectivity index (χ3v) is 3.83. The number of amides is 1. The maximum atomic E-state index is 12.0. The average Bonchev–Trinajstić information content (AvgIpc) is 2.62. The first-order valence-corrected chi connectivity index (χ1v) is 8.05. The van der Waals surface area contributed by atoms with Gasteiger partial charge in [0.15, 0.2) is 0 Å². The normalized spacial score (nSPS) is 10.2. The number of rotatable bonds is 4. The van der Waals surface area contributed by atoms with Gasteiger partial charge in [0.1, 0.15) is 18.8 Å². The number of carbonyl (C=O) groups excluding carboxylic acids is 1. The summed E-state index contributed by atoms with van der Waals surface area (Å²) in [6.45, 7) is 0.200. The monoisotopic (exact) mass is 383 g/mol. The van der Waals surface area contributed by atoms with Gasteiger partial charge in [0.2, 0.25) is 0 Å². The van der Waals surface area contributed by atoms with Crippen LogP contribution >= 0.6 is 15.9 Å². The molecule has 0 aliphatic carbocycles. The summed E-state index contributed by atoms with van der Waals surface area (Å²) in [6, 6.07) is 17.2. The lowest BCUT2D eigenvalue weighted by molar-refractivity contribution is 0.155. The lowest BCUT2D eigenvalue weighted by Crippen LogP contribution is -2.15. The van der Waals surface area contributed by atoms with E-state index in [0.717, 1.165) is 21.2 Å². The van der Waals surface area contributed by atoms with Crippen molar-refractivity contribution in [1.29, 1.82) is 0 Å². The molecule has 2 aromatic carbocycles. The van der Waals surface area contributed by atoms with E-state index in [1.165, 1.54) is 6.33 Å². The number of aromatic nitrogens is 2. The molecule has 1 N–H and O–H groups in total. The molecular formula is C18H14BrN3O2. The molecule has 0 fully saturated rings. The van der Waals surface area contributed by atoms with Gasteiger partial charge in [-0.05, 0) is 23.3 Å². The number of halogens is 1. The molecule has 1 aromatic heterocycles. The third-order valence-electron chi connectivity index (χ3n) is 3.30. The molecule has 1 amide bonds. The molecule has 0 saturated heterocycles. The molecule has 0 aliphatic heterocycles. The molecule has 1 heterocycles. The van der Waals surface area contributed by atoms with E-state index in [-0.39, 0.29) is 6.61 Å². The lowest BCUT2D eigenvalue weighted by atomic mass is 10.1. The predicted octanol–water partition coefficient (Wildman–Crippen LogP) is 4.65. The molecule has 0 radical (unpaired) electrons. The Balaban J connectivity index is 1.71. The number of hydrogen-bond acceptors (Lipinski definition) is 4. The second-order valence-electron chi connectivity index (χ2n) is 4.98. The van der Waals surface area contributed by atoms with Gasteiger partial charge in [-0.1, -0.05) is 58.4 Å². The van der Waals surface area contributed by atoms with Crippen LogP contribution in [0.3, 0.4) is 0 Å². The molecule has 5 nitrogen and oxygen atoms in total. The fraction of sp³-hybridized carbons (Fsp3) is 0.0556. The first-order valence-electron chi connectivity index (χ1n) is 7.26. The topological polar surface area (TPSA) is 64.1 Å². The summed E-state index contributed by atoms with van der Waals surface area (Å²) < 4.78 is 6.20. The molecular weight excluding hydrogens is 370 g/mol. The molecule has 0 bridgehead atoms. The number of nitrogens with one attached hydrogen (secondary N) is 1. The van der Waals surface area contributed by atoms with E-state index in [2.05, 4.69) is 31.2 Å². The van der Waals surface area contributed by atoms with E-state index in [0.29, 0.717) is 5.82 Å². The van der Waals surface area contributed by atoms with Gasteiger partial charge in [0.05, 0.1) is 0 Å². The van der Waals surface area contributed by atoms with Crippen LogP contribution in [-0.2, 0) is 11.3 Å². The van der Waals surface area contributed by atoms with Crippen molar-refractivity contribution in [2.24, 2.45) is 0 Å². The van der Waals surface area contributed by atoms with Crippen molar-refractivity contribution in [1.82, 2.24) is 9.97 Å². The van der Waals surface area contributed by atoms with Crippen molar-refractivity contribution < 1.29 is 9.53 Å². The van der Waals surface area contributed by atoms with Crippen molar-refractivity contribution in [2.45, 2.75) is 6.61 Å². The van der Waals surface area contributed by atoms with Crippen LogP contribution < -0.4 is 5.32 Å². The minimum atomic E-state index is -0.559. The minimum absolute atomic E-state index is 0.200. The Labute approximate surface area is 147 Å². The van der Waals surface area contributed by atoms with Crippen molar-refractivity contribution in [2.75, 3.05) is 5.32 Å². The maximum Gasteiger partial charge on any atom is 0.413 e. The lowest BCUT2D eigenvalue weighted by Gasteiger charge is -2.10. The van der Waals surface area contributed by atoms with Gasteiger partial charge in [0, 0.05) is 16.2 Å². The van der Waals surface area contributed by atoms with Gasteiger partial charge in [-0.3, -0.25) is 5.32 Å². The van der Waals surface area contributed by atoms with E-state index in [1.54, 1.807) is 6.20 Å². The summed E-state index contributed by atoms with van der Waals surface area (Å²) in [5.41, 5.74) is 2.54. The number of anilines is 1. The van der Waals surface area contributed by atoms with Crippen LogP contribution in [0.2, 0.25) is 0 Å². The zero-order chi connectivity index (χ0) is 16.8. The number of benzene rings is 2. The predicted molar refractivity (Wildman–Crippen MR) is 95.4 cm³/mol. The Bertz CT molecular complexity index is 823. The molecule has 0 saturated carbocycles. The molecule has 3 aromatic rings. The zero-order valence-corrected chi connectivity index (χ0v) is 14.2. The first kappa shape index (κ1) is 16.1. The van der Waals surface area contributed by atoms with E-state index in [4.69, 9.17) is 4.74 Å². The second-order valence-corrected chi connectivity index (χ2v) is 5.89. The van der Waals surface area contributed by atoms with Crippen LogP contribution in [0.4, 0.5) is 10.6 Å². The Hall–Kier alpha value is -2.73. The molecule has 3 rings (SSSR count). The molecule has 0 atom stereocenters. The van der Waals surface area contributed by atoms with Crippen molar-refractivity contribution >= 4 is 27.8 Å². The molecule has 0 aliphatic rings. The summed E-state index contributed by atoms with van der Waals surface area (Å²) in [7, 11) is 0. The smallest absolute Gasteiger partial charge is 0.413 e. The van der Waals surface area contributed by atoms with Crippen molar-refractivity contribution in [3.05, 3.63) is 77.2 Å². The Morgan fingerprint density at radius 1 is 1.08 bits per heavy atom. The average molecular weight is 384 g/mol. The van der Waals surface area contributed by atoms with Crippen molar-refractivity contribution in [3.63, 3.8) is 0 Å².